The van der Waals surface area contributed by atoms with Crippen LogP contribution in [0.2, 0.25) is 0 Å². The highest BCUT2D eigenvalue weighted by Gasteiger charge is 2.12. The summed E-state index contributed by atoms with van der Waals surface area (Å²) >= 11 is 1.75. The van der Waals surface area contributed by atoms with Gasteiger partial charge in [-0.2, -0.15) is 11.3 Å². The second-order valence-corrected chi connectivity index (χ2v) is 5.31. The molecule has 19 heavy (non-hydrogen) atoms. The van der Waals surface area contributed by atoms with Crippen LogP contribution in [0.4, 0.5) is 0 Å². The SMILES string of the molecule is CCNC(c1ccc(CCOC)cc1)c1ccsc1. The van der Waals surface area contributed by atoms with Gasteiger partial charge in [0, 0.05) is 7.11 Å². The van der Waals surface area contributed by atoms with Gasteiger partial charge in [-0.25, -0.2) is 0 Å². The second-order valence-electron chi connectivity index (χ2n) is 4.53. The van der Waals surface area contributed by atoms with Gasteiger partial charge in [0.1, 0.15) is 0 Å². The molecular formula is C16H21NOS. The molecule has 2 aromatic rings. The van der Waals surface area contributed by atoms with Crippen molar-refractivity contribution in [2.24, 2.45) is 0 Å². The van der Waals surface area contributed by atoms with Crippen molar-refractivity contribution in [2.45, 2.75) is 19.4 Å². The summed E-state index contributed by atoms with van der Waals surface area (Å²) in [5, 5.41) is 7.89. The molecule has 102 valence electrons. The molecule has 0 saturated heterocycles. The summed E-state index contributed by atoms with van der Waals surface area (Å²) in [7, 11) is 1.74. The van der Waals surface area contributed by atoms with E-state index in [1.165, 1.54) is 16.7 Å². The van der Waals surface area contributed by atoms with Crippen LogP contribution in [0.15, 0.2) is 41.1 Å². The Hall–Kier alpha value is -1.16. The Bertz CT molecular complexity index is 464. The summed E-state index contributed by atoms with van der Waals surface area (Å²) in [6.07, 6.45) is 0.973. The lowest BCUT2D eigenvalue weighted by Crippen LogP contribution is -2.21. The number of methoxy groups -OCH3 is 1. The maximum atomic E-state index is 5.11. The Labute approximate surface area is 119 Å². The first-order valence-corrected chi connectivity index (χ1v) is 7.62. The molecule has 0 aliphatic heterocycles. The van der Waals surface area contributed by atoms with Gasteiger partial charge in [0.2, 0.25) is 0 Å². The molecule has 1 aromatic carbocycles. The lowest BCUT2D eigenvalue weighted by atomic mass is 9.99. The molecule has 1 N–H and O–H groups in total. The van der Waals surface area contributed by atoms with E-state index in [1.54, 1.807) is 18.4 Å². The van der Waals surface area contributed by atoms with Gasteiger partial charge in [0.15, 0.2) is 0 Å². The van der Waals surface area contributed by atoms with Crippen molar-refractivity contribution in [3.05, 3.63) is 57.8 Å². The minimum absolute atomic E-state index is 0.299. The third-order valence-corrected chi connectivity index (χ3v) is 3.89. The van der Waals surface area contributed by atoms with E-state index in [0.717, 1.165) is 19.6 Å². The Morgan fingerprint density at radius 3 is 2.53 bits per heavy atom. The fraction of sp³-hybridized carbons (Fsp3) is 0.375. The number of nitrogens with one attached hydrogen (secondary N) is 1. The summed E-state index contributed by atoms with van der Waals surface area (Å²) in [6.45, 7) is 3.89. The van der Waals surface area contributed by atoms with E-state index in [-0.39, 0.29) is 0 Å². The third-order valence-electron chi connectivity index (χ3n) is 3.19. The van der Waals surface area contributed by atoms with Crippen molar-refractivity contribution in [3.8, 4) is 0 Å². The molecule has 0 radical (unpaired) electrons. The van der Waals surface area contributed by atoms with Crippen LogP contribution in [0, 0.1) is 0 Å². The van der Waals surface area contributed by atoms with Crippen molar-refractivity contribution < 1.29 is 4.74 Å². The lowest BCUT2D eigenvalue weighted by molar-refractivity contribution is 0.202. The Morgan fingerprint density at radius 1 is 1.16 bits per heavy atom. The fourth-order valence-corrected chi connectivity index (χ4v) is 2.85. The van der Waals surface area contributed by atoms with E-state index < -0.39 is 0 Å². The first kappa shape index (κ1) is 14.3. The van der Waals surface area contributed by atoms with Gasteiger partial charge in [-0.05, 0) is 46.5 Å². The summed E-state index contributed by atoms with van der Waals surface area (Å²) in [6, 6.07) is 11.3. The van der Waals surface area contributed by atoms with Crippen LogP contribution in [-0.4, -0.2) is 20.3 Å². The molecule has 0 bridgehead atoms. The van der Waals surface area contributed by atoms with E-state index in [1.807, 2.05) is 0 Å². The van der Waals surface area contributed by atoms with Crippen LogP contribution < -0.4 is 5.32 Å². The van der Waals surface area contributed by atoms with Gasteiger partial charge in [-0.1, -0.05) is 31.2 Å². The maximum Gasteiger partial charge on any atom is 0.0584 e. The second kappa shape index (κ2) is 7.43. The summed E-state index contributed by atoms with van der Waals surface area (Å²) in [5.41, 5.74) is 3.99. The highest BCUT2D eigenvalue weighted by Crippen LogP contribution is 2.24. The van der Waals surface area contributed by atoms with E-state index in [9.17, 15) is 0 Å². The van der Waals surface area contributed by atoms with Crippen molar-refractivity contribution in [2.75, 3.05) is 20.3 Å². The predicted octanol–water partition coefficient (Wildman–Crippen LogP) is 3.64. The fourth-order valence-electron chi connectivity index (χ4n) is 2.17. The van der Waals surface area contributed by atoms with Crippen LogP contribution in [0.3, 0.4) is 0 Å². The average Bonchev–Trinajstić information content (AvgIpc) is 2.97. The molecule has 2 nitrogen and oxygen atoms in total. The topological polar surface area (TPSA) is 21.3 Å². The molecule has 1 unspecified atom stereocenters. The highest BCUT2D eigenvalue weighted by atomic mass is 32.1. The number of benzene rings is 1. The van der Waals surface area contributed by atoms with Gasteiger partial charge in [0.25, 0.3) is 0 Å². The van der Waals surface area contributed by atoms with Gasteiger partial charge < -0.3 is 10.1 Å². The van der Waals surface area contributed by atoms with Gasteiger partial charge in [-0.15, -0.1) is 0 Å². The zero-order valence-electron chi connectivity index (χ0n) is 11.6. The van der Waals surface area contributed by atoms with Crippen LogP contribution in [0.5, 0.6) is 0 Å². The average molecular weight is 275 g/mol. The molecule has 0 aliphatic carbocycles. The first-order valence-electron chi connectivity index (χ1n) is 6.68. The molecule has 3 heteroatoms. The summed E-state index contributed by atoms with van der Waals surface area (Å²) in [5.74, 6) is 0. The summed E-state index contributed by atoms with van der Waals surface area (Å²) in [4.78, 5) is 0. The number of hydrogen-bond donors (Lipinski definition) is 1. The predicted molar refractivity (Wildman–Crippen MR) is 81.9 cm³/mol. The zero-order valence-corrected chi connectivity index (χ0v) is 12.4. The molecule has 2 rings (SSSR count). The summed E-state index contributed by atoms with van der Waals surface area (Å²) < 4.78 is 5.11. The number of thiophene rings is 1. The highest BCUT2D eigenvalue weighted by molar-refractivity contribution is 7.08. The normalized spacial score (nSPS) is 12.5. The van der Waals surface area contributed by atoms with Crippen molar-refractivity contribution in [1.29, 1.82) is 0 Å². The van der Waals surface area contributed by atoms with E-state index in [0.29, 0.717) is 6.04 Å². The molecule has 0 amide bonds. The van der Waals surface area contributed by atoms with Gasteiger partial charge in [0.05, 0.1) is 12.6 Å². The van der Waals surface area contributed by atoms with Crippen molar-refractivity contribution in [3.63, 3.8) is 0 Å². The van der Waals surface area contributed by atoms with Crippen LogP contribution >= 0.6 is 11.3 Å². The molecule has 0 aliphatic rings. The number of hydrogen-bond acceptors (Lipinski definition) is 3. The van der Waals surface area contributed by atoms with Crippen molar-refractivity contribution >= 4 is 11.3 Å². The minimum atomic E-state index is 0.299. The van der Waals surface area contributed by atoms with Crippen molar-refractivity contribution in [1.82, 2.24) is 5.32 Å². The largest absolute Gasteiger partial charge is 0.384 e. The third kappa shape index (κ3) is 3.90. The van der Waals surface area contributed by atoms with E-state index in [4.69, 9.17) is 4.74 Å². The molecule has 1 atom stereocenters. The smallest absolute Gasteiger partial charge is 0.0584 e. The maximum absolute atomic E-state index is 5.11. The minimum Gasteiger partial charge on any atom is -0.384 e. The van der Waals surface area contributed by atoms with Crippen LogP contribution in [0.1, 0.15) is 29.7 Å². The Morgan fingerprint density at radius 2 is 1.95 bits per heavy atom. The number of rotatable bonds is 7. The monoisotopic (exact) mass is 275 g/mol. The molecule has 0 saturated carbocycles. The quantitative estimate of drug-likeness (QED) is 0.833. The van der Waals surface area contributed by atoms with Crippen LogP contribution in [0.25, 0.3) is 0 Å². The molecular weight excluding hydrogens is 254 g/mol. The Balaban J connectivity index is 2.13. The van der Waals surface area contributed by atoms with E-state index in [2.05, 4.69) is 53.3 Å². The lowest BCUT2D eigenvalue weighted by Gasteiger charge is -2.17. The molecule has 0 spiro atoms. The van der Waals surface area contributed by atoms with Gasteiger partial charge in [-0.3, -0.25) is 0 Å². The zero-order chi connectivity index (χ0) is 13.5. The molecule has 0 fully saturated rings. The Kier molecular flexibility index (Phi) is 5.58. The molecule has 1 aromatic heterocycles. The standard InChI is InChI=1S/C16H21NOS/c1-3-17-16(15-9-11-19-12-15)14-6-4-13(5-7-14)8-10-18-2/h4-7,9,11-12,16-17H,3,8,10H2,1-2H3. The first-order chi connectivity index (χ1) is 9.35. The van der Waals surface area contributed by atoms with Gasteiger partial charge >= 0.3 is 0 Å². The van der Waals surface area contributed by atoms with Crippen LogP contribution in [-0.2, 0) is 11.2 Å². The van der Waals surface area contributed by atoms with E-state index >= 15 is 0 Å². The molecule has 1 heterocycles. The number of ether oxygens (including phenoxy) is 1.